The van der Waals surface area contributed by atoms with Gasteiger partial charge in [0, 0.05) is 12.1 Å². The number of nitrogens with zero attached hydrogens (tertiary/aromatic N) is 1. The van der Waals surface area contributed by atoms with Gasteiger partial charge in [0.2, 0.25) is 0 Å². The van der Waals surface area contributed by atoms with E-state index in [-0.39, 0.29) is 17.9 Å². The zero-order chi connectivity index (χ0) is 19.6. The van der Waals surface area contributed by atoms with Crippen LogP contribution in [-0.4, -0.2) is 46.6 Å². The van der Waals surface area contributed by atoms with Crippen molar-refractivity contribution in [3.05, 3.63) is 71.3 Å². The second-order valence-corrected chi connectivity index (χ2v) is 6.44. The first kappa shape index (κ1) is 18.7. The number of amides is 1. The van der Waals surface area contributed by atoms with E-state index < -0.39 is 23.8 Å². The molecular weight excluding hydrogens is 346 g/mol. The van der Waals surface area contributed by atoms with Gasteiger partial charge in [-0.15, -0.1) is 0 Å². The number of rotatable bonds is 5. The number of ether oxygens (including phenoxy) is 1. The Bertz CT molecular complexity index is 888. The number of hydrogen-bond donors (Lipinski definition) is 2. The summed E-state index contributed by atoms with van der Waals surface area (Å²) in [4.78, 5) is 26.6. The average Bonchev–Trinajstić information content (AvgIpc) is 2.92. The van der Waals surface area contributed by atoms with Crippen molar-refractivity contribution < 1.29 is 24.5 Å². The molecule has 1 amide bonds. The molecule has 6 nitrogen and oxygen atoms in total. The average molecular weight is 367 g/mol. The first-order valence-corrected chi connectivity index (χ1v) is 8.60. The first-order chi connectivity index (χ1) is 12.9. The summed E-state index contributed by atoms with van der Waals surface area (Å²) in [5.74, 6) is -1.20. The molecule has 2 aromatic carbocycles. The summed E-state index contributed by atoms with van der Waals surface area (Å²) in [7, 11) is 1.52. The van der Waals surface area contributed by atoms with Gasteiger partial charge in [0.05, 0.1) is 24.8 Å². The molecule has 3 rings (SSSR count). The quantitative estimate of drug-likeness (QED) is 0.482. The molecule has 2 atom stereocenters. The predicted octanol–water partition coefficient (Wildman–Crippen LogP) is 2.50. The Balaban J connectivity index is 2.19. The van der Waals surface area contributed by atoms with Crippen molar-refractivity contribution in [2.45, 2.75) is 19.1 Å². The lowest BCUT2D eigenvalue weighted by Crippen LogP contribution is -2.35. The second kappa shape index (κ2) is 7.63. The van der Waals surface area contributed by atoms with Gasteiger partial charge < -0.3 is 19.8 Å². The van der Waals surface area contributed by atoms with Gasteiger partial charge in [0.1, 0.15) is 11.5 Å². The number of likely N-dealkylation sites (tertiary alicyclic amines) is 1. The highest BCUT2D eigenvalue weighted by Gasteiger charge is 2.46. The van der Waals surface area contributed by atoms with Gasteiger partial charge in [-0.2, -0.15) is 0 Å². The van der Waals surface area contributed by atoms with E-state index in [4.69, 9.17) is 4.74 Å². The fourth-order valence-corrected chi connectivity index (χ4v) is 3.26. The molecule has 6 heteroatoms. The highest BCUT2D eigenvalue weighted by Crippen LogP contribution is 2.40. The van der Waals surface area contributed by atoms with Gasteiger partial charge in [0.25, 0.3) is 11.7 Å². The van der Waals surface area contributed by atoms with Crippen molar-refractivity contribution in [2.75, 3.05) is 13.7 Å². The van der Waals surface area contributed by atoms with E-state index in [0.29, 0.717) is 16.9 Å². The minimum Gasteiger partial charge on any atom is -0.507 e. The number of benzene rings is 2. The summed E-state index contributed by atoms with van der Waals surface area (Å²) < 4.78 is 5.25. The lowest BCUT2D eigenvalue weighted by atomic mass is 9.95. The SMILES string of the molecule is COc1cccc(C2/C(=C(\O)c3ccccc3)C(=O)C(=O)N2CC(C)O)c1. The molecule has 0 bridgehead atoms. The van der Waals surface area contributed by atoms with Gasteiger partial charge >= 0.3 is 0 Å². The van der Waals surface area contributed by atoms with Crippen molar-refractivity contribution in [1.29, 1.82) is 0 Å². The molecule has 0 radical (unpaired) electrons. The Morgan fingerprint density at radius 2 is 1.85 bits per heavy atom. The van der Waals surface area contributed by atoms with Gasteiger partial charge in [-0.25, -0.2) is 0 Å². The molecule has 1 aliphatic rings. The van der Waals surface area contributed by atoms with Crippen molar-refractivity contribution in [1.82, 2.24) is 4.90 Å². The fourth-order valence-electron chi connectivity index (χ4n) is 3.26. The maximum Gasteiger partial charge on any atom is 0.295 e. The van der Waals surface area contributed by atoms with Crippen LogP contribution in [0.3, 0.4) is 0 Å². The third-order valence-electron chi connectivity index (χ3n) is 4.46. The molecule has 0 saturated carbocycles. The Labute approximate surface area is 157 Å². The van der Waals surface area contributed by atoms with E-state index in [1.165, 1.54) is 12.0 Å². The van der Waals surface area contributed by atoms with Crippen LogP contribution in [0.4, 0.5) is 0 Å². The molecule has 1 aliphatic heterocycles. The number of ketones is 1. The molecule has 0 aromatic heterocycles. The normalized spacial score (nSPS) is 20.0. The van der Waals surface area contributed by atoms with E-state index >= 15 is 0 Å². The van der Waals surface area contributed by atoms with Crippen molar-refractivity contribution >= 4 is 17.4 Å². The number of carbonyl (C=O) groups excluding carboxylic acids is 2. The predicted molar refractivity (Wildman–Crippen MR) is 100 cm³/mol. The molecule has 1 saturated heterocycles. The maximum absolute atomic E-state index is 12.7. The maximum atomic E-state index is 12.7. The van der Waals surface area contributed by atoms with Crippen LogP contribution in [0.5, 0.6) is 5.75 Å². The van der Waals surface area contributed by atoms with Crippen LogP contribution in [0.15, 0.2) is 60.2 Å². The van der Waals surface area contributed by atoms with Crippen molar-refractivity contribution in [2.24, 2.45) is 0 Å². The Hall–Kier alpha value is -3.12. The van der Waals surface area contributed by atoms with Crippen LogP contribution in [0.25, 0.3) is 5.76 Å². The Kier molecular flexibility index (Phi) is 5.28. The summed E-state index contributed by atoms with van der Waals surface area (Å²) in [6.45, 7) is 1.51. The van der Waals surface area contributed by atoms with Gasteiger partial charge in [-0.1, -0.05) is 42.5 Å². The van der Waals surface area contributed by atoms with Crippen LogP contribution >= 0.6 is 0 Å². The highest BCUT2D eigenvalue weighted by atomic mass is 16.5. The summed E-state index contributed by atoms with van der Waals surface area (Å²) in [6.07, 6.45) is -0.826. The second-order valence-electron chi connectivity index (χ2n) is 6.44. The molecule has 2 unspecified atom stereocenters. The molecule has 0 spiro atoms. The number of methoxy groups -OCH3 is 1. The van der Waals surface area contributed by atoms with E-state index in [1.807, 2.05) is 0 Å². The van der Waals surface area contributed by atoms with E-state index in [0.717, 1.165) is 0 Å². The lowest BCUT2D eigenvalue weighted by Gasteiger charge is -2.26. The van der Waals surface area contributed by atoms with Crippen LogP contribution in [-0.2, 0) is 9.59 Å². The van der Waals surface area contributed by atoms with Crippen LogP contribution < -0.4 is 4.74 Å². The third kappa shape index (κ3) is 3.57. The number of aliphatic hydroxyl groups excluding tert-OH is 2. The largest absolute Gasteiger partial charge is 0.507 e. The summed E-state index contributed by atoms with van der Waals surface area (Å²) in [6, 6.07) is 14.8. The number of aliphatic hydroxyl groups is 2. The first-order valence-electron chi connectivity index (χ1n) is 8.60. The molecule has 0 aliphatic carbocycles. The van der Waals surface area contributed by atoms with Crippen LogP contribution in [0.1, 0.15) is 24.1 Å². The Morgan fingerprint density at radius 1 is 1.15 bits per heavy atom. The molecule has 27 heavy (non-hydrogen) atoms. The molecule has 2 aromatic rings. The number of β-amino-alcohol motifs (C(OH)–C–C–N with tert-alkyl or cyclic N) is 1. The lowest BCUT2D eigenvalue weighted by molar-refractivity contribution is -0.140. The molecular formula is C21H21NO5. The van der Waals surface area contributed by atoms with E-state index in [1.54, 1.807) is 61.5 Å². The Morgan fingerprint density at radius 3 is 2.48 bits per heavy atom. The molecule has 2 N–H and O–H groups in total. The van der Waals surface area contributed by atoms with E-state index in [9.17, 15) is 19.8 Å². The summed E-state index contributed by atoms with van der Waals surface area (Å²) in [5.41, 5.74) is 1.06. The van der Waals surface area contributed by atoms with Crippen molar-refractivity contribution in [3.63, 3.8) is 0 Å². The van der Waals surface area contributed by atoms with Gasteiger partial charge in [0.15, 0.2) is 0 Å². The fraction of sp³-hybridized carbons (Fsp3) is 0.238. The van der Waals surface area contributed by atoms with Crippen molar-refractivity contribution in [3.8, 4) is 5.75 Å². The molecule has 140 valence electrons. The number of Topliss-reactive ketones (excluding diaryl/α,β-unsaturated/α-hetero) is 1. The monoisotopic (exact) mass is 367 g/mol. The topological polar surface area (TPSA) is 87.1 Å². The summed E-state index contributed by atoms with van der Waals surface area (Å²) >= 11 is 0. The number of carbonyl (C=O) groups is 2. The van der Waals surface area contributed by atoms with Gasteiger partial charge in [-0.05, 0) is 24.6 Å². The highest BCUT2D eigenvalue weighted by molar-refractivity contribution is 6.46. The molecule has 1 heterocycles. The minimum absolute atomic E-state index is 0.0000954. The zero-order valence-electron chi connectivity index (χ0n) is 15.1. The number of hydrogen-bond acceptors (Lipinski definition) is 5. The third-order valence-corrected chi connectivity index (χ3v) is 4.46. The zero-order valence-corrected chi connectivity index (χ0v) is 15.1. The summed E-state index contributed by atoms with van der Waals surface area (Å²) in [5, 5.41) is 20.6. The standard InChI is InChI=1S/C21H21NO5/c1-13(23)12-22-18(15-9-6-10-16(11-15)27-2)17(20(25)21(22)26)19(24)14-7-4-3-5-8-14/h3-11,13,18,23-24H,12H2,1-2H3/b19-17+. The minimum atomic E-state index is -0.826. The smallest absolute Gasteiger partial charge is 0.295 e. The molecule has 1 fully saturated rings. The van der Waals surface area contributed by atoms with Gasteiger partial charge in [-0.3, -0.25) is 9.59 Å². The van der Waals surface area contributed by atoms with Crippen LogP contribution in [0, 0.1) is 0 Å². The van der Waals surface area contributed by atoms with Crippen LogP contribution in [0.2, 0.25) is 0 Å². The van der Waals surface area contributed by atoms with E-state index in [2.05, 4.69) is 0 Å².